The number of para-hydroxylation sites is 1. The number of hydrogen-bond acceptors (Lipinski definition) is 8. The lowest BCUT2D eigenvalue weighted by atomic mass is 10.2. The predicted molar refractivity (Wildman–Crippen MR) is 151 cm³/mol. The zero-order chi connectivity index (χ0) is 29.6. The Kier molecular flexibility index (Phi) is 8.95. The second kappa shape index (κ2) is 12.4. The van der Waals surface area contributed by atoms with Gasteiger partial charge in [-0.15, -0.1) is 0 Å². The van der Waals surface area contributed by atoms with Gasteiger partial charge in [0.25, 0.3) is 5.91 Å². The van der Waals surface area contributed by atoms with Gasteiger partial charge in [0, 0.05) is 17.1 Å². The van der Waals surface area contributed by atoms with Crippen molar-refractivity contribution in [2.24, 2.45) is 0 Å². The fraction of sp³-hybridized carbons (Fsp3) is 0.179. The van der Waals surface area contributed by atoms with E-state index in [0.29, 0.717) is 17.2 Å². The summed E-state index contributed by atoms with van der Waals surface area (Å²) in [4.78, 5) is 25.7. The molecule has 41 heavy (non-hydrogen) atoms. The zero-order valence-corrected chi connectivity index (χ0v) is 23.2. The van der Waals surface area contributed by atoms with Gasteiger partial charge in [0.2, 0.25) is 5.95 Å². The molecule has 0 aliphatic carbocycles. The average Bonchev–Trinajstić information content (AvgIpc) is 2.93. The van der Waals surface area contributed by atoms with E-state index >= 15 is 0 Å². The van der Waals surface area contributed by atoms with Crippen LogP contribution in [0.3, 0.4) is 0 Å². The number of benzene rings is 3. The van der Waals surface area contributed by atoms with E-state index < -0.39 is 30.6 Å². The number of halogens is 3. The number of anilines is 4. The normalized spacial score (nSPS) is 11.6. The maximum atomic E-state index is 13.8. The molecule has 0 spiro atoms. The quantitative estimate of drug-likeness (QED) is 0.151. The molecule has 13 heteroatoms. The van der Waals surface area contributed by atoms with E-state index in [-0.39, 0.29) is 29.6 Å². The fourth-order valence-corrected chi connectivity index (χ4v) is 4.95. The Morgan fingerprint density at radius 3 is 2.34 bits per heavy atom. The summed E-state index contributed by atoms with van der Waals surface area (Å²) < 4.78 is 59.5. The highest BCUT2D eigenvalue weighted by atomic mass is 31.2. The summed E-state index contributed by atoms with van der Waals surface area (Å²) in [5.41, 5.74) is 2.88. The standard InChI is InChI=1S/C28H27F3N5O4P/c1-39-23-15-19(26(37)36-40-17-18-9-5-4-6-10-18)13-14-21(23)34-27-32-16-20(28(29,30)31)25(35-27)33-22-11-7-8-12-24(22)41(2,3)38/h4-16H,17H2,1-3H3,(H,36,37)(H2,32,33,34,35). The van der Waals surface area contributed by atoms with Crippen LogP contribution < -0.4 is 26.2 Å². The van der Waals surface area contributed by atoms with Gasteiger partial charge in [-0.25, -0.2) is 10.5 Å². The van der Waals surface area contributed by atoms with E-state index in [1.807, 2.05) is 30.3 Å². The molecule has 4 aromatic rings. The summed E-state index contributed by atoms with van der Waals surface area (Å²) in [7, 11) is -1.45. The van der Waals surface area contributed by atoms with Crippen LogP contribution in [0.25, 0.3) is 0 Å². The molecule has 0 saturated carbocycles. The van der Waals surface area contributed by atoms with Gasteiger partial charge in [0.15, 0.2) is 0 Å². The number of carbonyl (C=O) groups is 1. The van der Waals surface area contributed by atoms with Crippen LogP contribution in [0.2, 0.25) is 0 Å². The number of amides is 1. The van der Waals surface area contributed by atoms with Gasteiger partial charge >= 0.3 is 6.18 Å². The number of methoxy groups -OCH3 is 1. The number of nitrogens with zero attached hydrogens (tertiary/aromatic N) is 2. The number of carbonyl (C=O) groups excluding carboxylic acids is 1. The number of rotatable bonds is 10. The topological polar surface area (TPSA) is 114 Å². The summed E-state index contributed by atoms with van der Waals surface area (Å²) in [5.74, 6) is -1.01. The number of hydroxylamine groups is 1. The fourth-order valence-electron chi connectivity index (χ4n) is 3.80. The Morgan fingerprint density at radius 1 is 0.951 bits per heavy atom. The Hall–Kier alpha value is -4.41. The molecule has 3 N–H and O–H groups in total. The summed E-state index contributed by atoms with van der Waals surface area (Å²) >= 11 is 0. The minimum Gasteiger partial charge on any atom is -0.495 e. The highest BCUT2D eigenvalue weighted by Gasteiger charge is 2.36. The lowest BCUT2D eigenvalue weighted by molar-refractivity contribution is -0.137. The molecule has 0 aliphatic rings. The molecule has 3 aromatic carbocycles. The van der Waals surface area contributed by atoms with Crippen molar-refractivity contribution in [3.63, 3.8) is 0 Å². The highest BCUT2D eigenvalue weighted by Crippen LogP contribution is 2.40. The van der Waals surface area contributed by atoms with E-state index in [9.17, 15) is 22.5 Å². The van der Waals surface area contributed by atoms with Crippen LogP contribution in [0.1, 0.15) is 21.5 Å². The van der Waals surface area contributed by atoms with Gasteiger partial charge in [0.05, 0.1) is 25.1 Å². The summed E-state index contributed by atoms with van der Waals surface area (Å²) in [5, 5.41) is 5.89. The first-order valence-electron chi connectivity index (χ1n) is 12.2. The Morgan fingerprint density at radius 2 is 1.66 bits per heavy atom. The first-order valence-corrected chi connectivity index (χ1v) is 14.8. The molecule has 0 unspecified atom stereocenters. The lowest BCUT2D eigenvalue weighted by Gasteiger charge is -2.18. The lowest BCUT2D eigenvalue weighted by Crippen LogP contribution is -2.23. The molecular formula is C28H27F3N5O4P. The van der Waals surface area contributed by atoms with E-state index in [2.05, 4.69) is 26.1 Å². The second-order valence-corrected chi connectivity index (χ2v) is 12.4. The summed E-state index contributed by atoms with van der Waals surface area (Å²) in [6.07, 6.45) is -4.11. The predicted octanol–water partition coefficient (Wildman–Crippen LogP) is 6.10. The highest BCUT2D eigenvalue weighted by molar-refractivity contribution is 7.70. The third-order valence-corrected chi connectivity index (χ3v) is 7.34. The van der Waals surface area contributed by atoms with Gasteiger partial charge in [0.1, 0.15) is 24.3 Å². The van der Waals surface area contributed by atoms with Crippen molar-refractivity contribution in [1.29, 1.82) is 0 Å². The van der Waals surface area contributed by atoms with Crippen molar-refractivity contribution in [3.8, 4) is 5.75 Å². The van der Waals surface area contributed by atoms with Gasteiger partial charge in [-0.3, -0.25) is 9.63 Å². The molecule has 1 amide bonds. The molecular weight excluding hydrogens is 558 g/mol. The Bertz CT molecular complexity index is 1580. The van der Waals surface area contributed by atoms with Crippen molar-refractivity contribution >= 4 is 41.5 Å². The van der Waals surface area contributed by atoms with Gasteiger partial charge in [-0.05, 0) is 49.2 Å². The van der Waals surface area contributed by atoms with Crippen LogP contribution in [0.5, 0.6) is 5.75 Å². The molecule has 0 aliphatic heterocycles. The molecule has 214 valence electrons. The van der Waals surface area contributed by atoms with Crippen molar-refractivity contribution in [1.82, 2.24) is 15.4 Å². The van der Waals surface area contributed by atoms with Crippen molar-refractivity contribution in [2.75, 3.05) is 31.1 Å². The number of alkyl halides is 3. The minimum atomic E-state index is -4.76. The first-order chi connectivity index (χ1) is 19.5. The smallest absolute Gasteiger partial charge is 0.421 e. The van der Waals surface area contributed by atoms with E-state index in [1.165, 1.54) is 44.7 Å². The number of aromatic nitrogens is 2. The molecule has 4 rings (SSSR count). The molecule has 9 nitrogen and oxygen atoms in total. The monoisotopic (exact) mass is 585 g/mol. The van der Waals surface area contributed by atoms with Gasteiger partial charge in [-0.2, -0.15) is 18.2 Å². The zero-order valence-electron chi connectivity index (χ0n) is 22.3. The molecule has 1 heterocycles. The molecule has 1 aromatic heterocycles. The van der Waals surface area contributed by atoms with Crippen molar-refractivity contribution in [2.45, 2.75) is 12.8 Å². The second-order valence-electron chi connectivity index (χ2n) is 9.19. The van der Waals surface area contributed by atoms with Gasteiger partial charge < -0.3 is 19.9 Å². The molecule has 0 atom stereocenters. The maximum Gasteiger partial charge on any atom is 0.421 e. The Labute approximate surface area is 234 Å². The van der Waals surface area contributed by atoms with Crippen molar-refractivity contribution in [3.05, 3.63) is 95.7 Å². The van der Waals surface area contributed by atoms with E-state index in [0.717, 1.165) is 5.56 Å². The molecule has 0 radical (unpaired) electrons. The minimum absolute atomic E-state index is 0.170. The largest absolute Gasteiger partial charge is 0.495 e. The van der Waals surface area contributed by atoms with Crippen LogP contribution >= 0.6 is 7.14 Å². The van der Waals surface area contributed by atoms with Crippen LogP contribution in [0.4, 0.5) is 36.3 Å². The maximum absolute atomic E-state index is 13.8. The SMILES string of the molecule is COc1cc(C(=O)NOCc2ccccc2)ccc1Nc1ncc(C(F)(F)F)c(Nc2ccccc2P(C)(C)=O)n1. The third kappa shape index (κ3) is 7.62. The summed E-state index contributed by atoms with van der Waals surface area (Å²) in [6, 6.07) is 20.1. The van der Waals surface area contributed by atoms with Crippen LogP contribution in [-0.2, 0) is 22.2 Å². The van der Waals surface area contributed by atoms with E-state index in [4.69, 9.17) is 9.57 Å². The third-order valence-electron chi connectivity index (χ3n) is 5.79. The molecule has 0 bridgehead atoms. The van der Waals surface area contributed by atoms with Gasteiger partial charge in [-0.1, -0.05) is 42.5 Å². The number of ether oxygens (including phenoxy) is 1. The molecule has 0 fully saturated rings. The van der Waals surface area contributed by atoms with Crippen LogP contribution in [0, 0.1) is 0 Å². The van der Waals surface area contributed by atoms with E-state index in [1.54, 1.807) is 18.2 Å². The summed E-state index contributed by atoms with van der Waals surface area (Å²) in [6.45, 7) is 3.22. The first kappa shape index (κ1) is 29.6. The number of nitrogens with one attached hydrogen (secondary N) is 3. The average molecular weight is 586 g/mol. The van der Waals surface area contributed by atoms with Crippen molar-refractivity contribution < 1.29 is 32.1 Å². The van der Waals surface area contributed by atoms with Crippen LogP contribution in [0.15, 0.2) is 79.0 Å². The molecule has 0 saturated heterocycles. The van der Waals surface area contributed by atoms with Crippen LogP contribution in [-0.4, -0.2) is 36.3 Å². The number of hydrogen-bond donors (Lipinski definition) is 3. The Balaban J connectivity index is 1.56.